The van der Waals surface area contributed by atoms with Crippen molar-refractivity contribution in [1.29, 1.82) is 0 Å². The molecule has 1 aliphatic rings. The zero-order valence-electron chi connectivity index (χ0n) is 15.8. The zero-order chi connectivity index (χ0) is 20.4. The summed E-state index contributed by atoms with van der Waals surface area (Å²) >= 11 is 0. The molecule has 6 heteroatoms. The molecule has 4 nitrogen and oxygen atoms in total. The molecular weight excluding hydrogens is 374 g/mol. The molecule has 148 valence electrons. The number of rotatable bonds is 4. The number of hydrogen-bond donors (Lipinski definition) is 2. The highest BCUT2D eigenvalue weighted by Crippen LogP contribution is 2.35. The van der Waals surface area contributed by atoms with Crippen molar-refractivity contribution in [2.45, 2.75) is 18.6 Å². The Balaban J connectivity index is 1.79. The van der Waals surface area contributed by atoms with E-state index in [-0.39, 0.29) is 17.4 Å². The summed E-state index contributed by atoms with van der Waals surface area (Å²) in [5.74, 6) is -0.479. The molecule has 0 spiro atoms. The van der Waals surface area contributed by atoms with Crippen molar-refractivity contribution in [3.63, 3.8) is 0 Å². The number of halogens is 2. The van der Waals surface area contributed by atoms with Crippen molar-refractivity contribution in [3.8, 4) is 11.5 Å². The summed E-state index contributed by atoms with van der Waals surface area (Å²) in [7, 11) is 1.59. The van der Waals surface area contributed by atoms with E-state index in [1.165, 1.54) is 12.1 Å². The number of nitrogens with one attached hydrogen (secondary N) is 1. The first-order valence-corrected chi connectivity index (χ1v) is 9.25. The minimum atomic E-state index is -0.727. The Labute approximate surface area is 167 Å². The maximum absolute atomic E-state index is 14.5. The van der Waals surface area contributed by atoms with Crippen LogP contribution >= 0.6 is 0 Å². The fourth-order valence-electron chi connectivity index (χ4n) is 3.55. The third-order valence-electron chi connectivity index (χ3n) is 5.01. The van der Waals surface area contributed by atoms with Crippen molar-refractivity contribution < 1.29 is 18.6 Å². The molecule has 0 aromatic heterocycles. The Morgan fingerprint density at radius 2 is 1.83 bits per heavy atom. The maximum Gasteiger partial charge on any atom is 0.132 e. The molecular formula is C23H20F2N2O2. The summed E-state index contributed by atoms with van der Waals surface area (Å²) in [4.78, 5) is 4.70. The summed E-state index contributed by atoms with van der Waals surface area (Å²) in [6.07, 6.45) is -0.237. The lowest BCUT2D eigenvalue weighted by Crippen LogP contribution is -2.33. The molecule has 2 atom stereocenters. The van der Waals surface area contributed by atoms with E-state index >= 15 is 0 Å². The van der Waals surface area contributed by atoms with Crippen molar-refractivity contribution in [1.82, 2.24) is 5.32 Å². The summed E-state index contributed by atoms with van der Waals surface area (Å²) < 4.78 is 33.2. The number of benzene rings is 3. The van der Waals surface area contributed by atoms with Crippen LogP contribution in [0.3, 0.4) is 0 Å². The van der Waals surface area contributed by atoms with E-state index in [4.69, 9.17) is 9.73 Å². The van der Waals surface area contributed by atoms with Gasteiger partial charge < -0.3 is 9.84 Å². The predicted molar refractivity (Wildman–Crippen MR) is 107 cm³/mol. The van der Waals surface area contributed by atoms with Gasteiger partial charge in [-0.25, -0.2) is 8.78 Å². The molecule has 4 rings (SSSR count). The minimum absolute atomic E-state index is 0.148. The lowest BCUT2D eigenvalue weighted by Gasteiger charge is -2.31. The van der Waals surface area contributed by atoms with E-state index < -0.39 is 17.8 Å². The van der Waals surface area contributed by atoms with Gasteiger partial charge in [-0.05, 0) is 35.9 Å². The van der Waals surface area contributed by atoms with Gasteiger partial charge in [-0.1, -0.05) is 30.3 Å². The normalized spacial score (nSPS) is 18.9. The van der Waals surface area contributed by atoms with Crippen LogP contribution in [0.25, 0.3) is 0 Å². The van der Waals surface area contributed by atoms with Crippen LogP contribution in [0.5, 0.6) is 11.5 Å². The molecule has 3 aromatic rings. The van der Waals surface area contributed by atoms with E-state index in [0.29, 0.717) is 17.7 Å². The van der Waals surface area contributed by atoms with E-state index in [0.717, 1.165) is 17.3 Å². The van der Waals surface area contributed by atoms with Crippen molar-refractivity contribution in [2.75, 3.05) is 7.11 Å². The Bertz CT molecular complexity index is 1070. The molecule has 0 amide bonds. The van der Waals surface area contributed by atoms with Crippen LogP contribution in [0.4, 0.5) is 8.78 Å². The van der Waals surface area contributed by atoms with Gasteiger partial charge in [0.15, 0.2) is 0 Å². The highest BCUT2D eigenvalue weighted by molar-refractivity contribution is 6.02. The first-order chi connectivity index (χ1) is 14.0. The third-order valence-corrected chi connectivity index (χ3v) is 5.01. The molecule has 1 aliphatic heterocycles. The SMILES string of the molecule is COc1cccc(C2=NC(c3ccc(F)cc3F)NC(c3ccccc3O)C2)c1. The second-order valence-electron chi connectivity index (χ2n) is 6.86. The number of hydrogen-bond acceptors (Lipinski definition) is 4. The quantitative estimate of drug-likeness (QED) is 0.662. The number of aliphatic imine (C=N–C) groups is 1. The molecule has 1 heterocycles. The molecule has 2 unspecified atom stereocenters. The van der Waals surface area contributed by atoms with Crippen LogP contribution in [0.1, 0.15) is 35.3 Å². The molecule has 0 saturated carbocycles. The van der Waals surface area contributed by atoms with Gasteiger partial charge >= 0.3 is 0 Å². The minimum Gasteiger partial charge on any atom is -0.508 e. The molecule has 2 N–H and O–H groups in total. The molecule has 0 fully saturated rings. The van der Waals surface area contributed by atoms with Gasteiger partial charge in [0.05, 0.1) is 7.11 Å². The topological polar surface area (TPSA) is 53.8 Å². The number of nitrogens with zero attached hydrogens (tertiary/aromatic N) is 1. The zero-order valence-corrected chi connectivity index (χ0v) is 15.8. The Morgan fingerprint density at radius 3 is 2.59 bits per heavy atom. The number of aromatic hydroxyl groups is 1. The van der Waals surface area contributed by atoms with Gasteiger partial charge in [0, 0.05) is 35.4 Å². The summed E-state index contributed by atoms with van der Waals surface area (Å²) in [5.41, 5.74) is 2.52. The van der Waals surface area contributed by atoms with Crippen LogP contribution in [0, 0.1) is 11.6 Å². The number of methoxy groups -OCH3 is 1. The molecule has 29 heavy (non-hydrogen) atoms. The first kappa shape index (κ1) is 19.1. The number of para-hydroxylation sites is 1. The monoisotopic (exact) mass is 394 g/mol. The average Bonchev–Trinajstić information content (AvgIpc) is 2.74. The van der Waals surface area contributed by atoms with Crippen LogP contribution in [0.15, 0.2) is 71.7 Å². The van der Waals surface area contributed by atoms with Gasteiger partial charge in [0.1, 0.15) is 29.3 Å². The van der Waals surface area contributed by atoms with Crippen molar-refractivity contribution in [2.24, 2.45) is 4.99 Å². The van der Waals surface area contributed by atoms with E-state index in [1.807, 2.05) is 36.4 Å². The lowest BCUT2D eigenvalue weighted by molar-refractivity contribution is 0.404. The molecule has 0 saturated heterocycles. The number of phenolic OH excluding ortho intramolecular Hbond substituents is 1. The largest absolute Gasteiger partial charge is 0.508 e. The van der Waals surface area contributed by atoms with Crippen LogP contribution in [-0.2, 0) is 0 Å². The highest BCUT2D eigenvalue weighted by atomic mass is 19.1. The molecule has 3 aromatic carbocycles. The second kappa shape index (κ2) is 8.01. The van der Waals surface area contributed by atoms with Crippen LogP contribution < -0.4 is 10.1 Å². The standard InChI is InChI=1S/C23H20F2N2O2/c1-29-16-6-4-5-14(11-16)20-13-21(18-7-2-3-8-22(18)28)27-23(26-20)17-10-9-15(24)12-19(17)25/h2-12,21,23,27-28H,13H2,1H3. The molecule has 0 radical (unpaired) electrons. The van der Waals surface area contributed by atoms with Crippen LogP contribution in [0.2, 0.25) is 0 Å². The van der Waals surface area contributed by atoms with Gasteiger partial charge in [-0.2, -0.15) is 0 Å². The van der Waals surface area contributed by atoms with Gasteiger partial charge in [0.25, 0.3) is 0 Å². The molecule has 0 bridgehead atoms. The smallest absolute Gasteiger partial charge is 0.132 e. The van der Waals surface area contributed by atoms with Crippen molar-refractivity contribution in [3.05, 3.63) is 95.1 Å². The fraction of sp³-hybridized carbons (Fsp3) is 0.174. The Kier molecular flexibility index (Phi) is 5.27. The molecule has 0 aliphatic carbocycles. The van der Waals surface area contributed by atoms with E-state index in [9.17, 15) is 13.9 Å². The van der Waals surface area contributed by atoms with Gasteiger partial charge in [0.2, 0.25) is 0 Å². The average molecular weight is 394 g/mol. The summed E-state index contributed by atoms with van der Waals surface area (Å²) in [6, 6.07) is 17.6. The number of phenols is 1. The van der Waals surface area contributed by atoms with E-state index in [1.54, 1.807) is 19.2 Å². The van der Waals surface area contributed by atoms with Gasteiger partial charge in [-0.3, -0.25) is 10.3 Å². The number of ether oxygens (including phenoxy) is 1. The third kappa shape index (κ3) is 3.98. The fourth-order valence-corrected chi connectivity index (χ4v) is 3.55. The highest BCUT2D eigenvalue weighted by Gasteiger charge is 2.29. The second-order valence-corrected chi connectivity index (χ2v) is 6.86. The van der Waals surface area contributed by atoms with E-state index in [2.05, 4.69) is 5.32 Å². The summed E-state index contributed by atoms with van der Waals surface area (Å²) in [6.45, 7) is 0. The Morgan fingerprint density at radius 1 is 1.00 bits per heavy atom. The lowest BCUT2D eigenvalue weighted by atomic mass is 9.93. The first-order valence-electron chi connectivity index (χ1n) is 9.25. The Hall–Kier alpha value is -3.25. The van der Waals surface area contributed by atoms with Crippen molar-refractivity contribution >= 4 is 5.71 Å². The van der Waals surface area contributed by atoms with Crippen LogP contribution in [-0.4, -0.2) is 17.9 Å². The maximum atomic E-state index is 14.5. The summed E-state index contributed by atoms with van der Waals surface area (Å²) in [5, 5.41) is 13.6. The predicted octanol–water partition coefficient (Wildman–Crippen LogP) is 4.90. The van der Waals surface area contributed by atoms with Gasteiger partial charge in [-0.15, -0.1) is 0 Å².